The van der Waals surface area contributed by atoms with E-state index in [1.54, 1.807) is 6.07 Å². The predicted molar refractivity (Wildman–Crippen MR) is 78.4 cm³/mol. The van der Waals surface area contributed by atoms with Gasteiger partial charge in [-0.05, 0) is 42.5 Å². The smallest absolute Gasteiger partial charge is 0.335 e. The number of hydrogen-bond donors (Lipinski definition) is 2. The molecule has 0 radical (unpaired) electrons. The van der Waals surface area contributed by atoms with Crippen molar-refractivity contribution in [1.29, 1.82) is 0 Å². The minimum absolute atomic E-state index is 0.170. The van der Waals surface area contributed by atoms with Gasteiger partial charge in [0.05, 0.1) is 5.56 Å². The number of carboxylic acids is 1. The van der Waals surface area contributed by atoms with Crippen molar-refractivity contribution in [3.05, 3.63) is 52.5 Å². The zero-order valence-electron chi connectivity index (χ0n) is 10.1. The first-order valence-electron chi connectivity index (χ1n) is 5.78. The molecule has 5 nitrogen and oxygen atoms in total. The second-order valence-corrected chi connectivity index (χ2v) is 5.05. The van der Waals surface area contributed by atoms with E-state index in [2.05, 4.69) is 26.2 Å². The van der Waals surface area contributed by atoms with Crippen LogP contribution in [0.2, 0.25) is 0 Å². The maximum atomic E-state index is 10.9. The lowest BCUT2D eigenvalue weighted by Crippen LogP contribution is -1.94. The summed E-state index contributed by atoms with van der Waals surface area (Å²) in [5.41, 5.74) is 2.04. The van der Waals surface area contributed by atoms with E-state index in [1.165, 1.54) is 12.1 Å². The van der Waals surface area contributed by atoms with Crippen LogP contribution in [0.4, 0.5) is 11.7 Å². The molecule has 0 spiro atoms. The summed E-state index contributed by atoms with van der Waals surface area (Å²) in [7, 11) is 0. The van der Waals surface area contributed by atoms with Gasteiger partial charge >= 0.3 is 5.97 Å². The summed E-state index contributed by atoms with van der Waals surface area (Å²) in [6.07, 6.45) is 0. The predicted octanol–water partition coefficient (Wildman–Crippen LogP) is 4.03. The molecule has 0 fully saturated rings. The van der Waals surface area contributed by atoms with Gasteiger partial charge in [-0.2, -0.15) is 4.98 Å². The summed E-state index contributed by atoms with van der Waals surface area (Å²) in [6, 6.07) is 12.4. The highest BCUT2D eigenvalue weighted by molar-refractivity contribution is 9.10. The molecular weight excluding hydrogens is 324 g/mol. The molecule has 2 aromatic carbocycles. The van der Waals surface area contributed by atoms with Crippen molar-refractivity contribution in [3.8, 4) is 0 Å². The van der Waals surface area contributed by atoms with Crippen molar-refractivity contribution in [3.63, 3.8) is 0 Å². The Morgan fingerprint density at radius 1 is 1.20 bits per heavy atom. The lowest BCUT2D eigenvalue weighted by Gasteiger charge is -2.00. The van der Waals surface area contributed by atoms with E-state index in [4.69, 9.17) is 9.52 Å². The molecule has 2 N–H and O–H groups in total. The van der Waals surface area contributed by atoms with E-state index >= 15 is 0 Å². The van der Waals surface area contributed by atoms with Crippen molar-refractivity contribution in [2.75, 3.05) is 5.32 Å². The van der Waals surface area contributed by atoms with Crippen LogP contribution in [0.1, 0.15) is 10.4 Å². The lowest BCUT2D eigenvalue weighted by molar-refractivity contribution is 0.0697. The highest BCUT2D eigenvalue weighted by atomic mass is 79.9. The van der Waals surface area contributed by atoms with Gasteiger partial charge in [0.1, 0.15) is 5.52 Å². The fourth-order valence-corrected chi connectivity index (χ4v) is 2.03. The zero-order chi connectivity index (χ0) is 14.1. The monoisotopic (exact) mass is 332 g/mol. The minimum Gasteiger partial charge on any atom is -0.478 e. The molecule has 0 amide bonds. The van der Waals surface area contributed by atoms with E-state index < -0.39 is 5.97 Å². The van der Waals surface area contributed by atoms with Crippen LogP contribution in [0, 0.1) is 0 Å². The molecule has 6 heteroatoms. The van der Waals surface area contributed by atoms with Crippen LogP contribution in [0.15, 0.2) is 51.4 Å². The van der Waals surface area contributed by atoms with Gasteiger partial charge in [-0.1, -0.05) is 15.9 Å². The molecule has 1 aromatic heterocycles. The Bertz CT molecular complexity index is 781. The van der Waals surface area contributed by atoms with Gasteiger partial charge in [-0.3, -0.25) is 0 Å². The minimum atomic E-state index is -0.995. The molecule has 100 valence electrons. The molecule has 0 saturated carbocycles. The topological polar surface area (TPSA) is 75.4 Å². The number of carbonyl (C=O) groups is 1. The van der Waals surface area contributed by atoms with E-state index in [0.29, 0.717) is 17.1 Å². The maximum absolute atomic E-state index is 10.9. The second-order valence-electron chi connectivity index (χ2n) is 4.14. The number of hydrogen-bond acceptors (Lipinski definition) is 4. The molecule has 3 rings (SSSR count). The van der Waals surface area contributed by atoms with Gasteiger partial charge in [-0.15, -0.1) is 0 Å². The third-order valence-corrected chi connectivity index (χ3v) is 3.26. The number of fused-ring (bicyclic) bond motifs is 1. The van der Waals surface area contributed by atoms with Crippen LogP contribution in [0.5, 0.6) is 0 Å². The lowest BCUT2D eigenvalue weighted by atomic mass is 10.2. The molecule has 0 bridgehead atoms. The summed E-state index contributed by atoms with van der Waals surface area (Å²) in [6.45, 7) is 0. The number of nitrogens with zero attached hydrogens (tertiary/aromatic N) is 1. The Hall–Kier alpha value is -2.34. The number of halogens is 1. The first-order valence-corrected chi connectivity index (χ1v) is 6.57. The Balaban J connectivity index is 1.92. The fraction of sp³-hybridized carbons (Fsp3) is 0. The van der Waals surface area contributed by atoms with Crippen LogP contribution in [-0.2, 0) is 0 Å². The van der Waals surface area contributed by atoms with Crippen LogP contribution < -0.4 is 5.32 Å². The summed E-state index contributed by atoms with van der Waals surface area (Å²) < 4.78 is 6.47. The van der Waals surface area contributed by atoms with E-state index in [1.807, 2.05) is 24.3 Å². The van der Waals surface area contributed by atoms with E-state index in [9.17, 15) is 4.79 Å². The van der Waals surface area contributed by atoms with Crippen LogP contribution >= 0.6 is 15.9 Å². The quantitative estimate of drug-likeness (QED) is 0.757. The largest absolute Gasteiger partial charge is 0.478 e. The first-order chi connectivity index (χ1) is 9.61. The van der Waals surface area contributed by atoms with Crippen molar-refractivity contribution in [2.24, 2.45) is 0 Å². The SMILES string of the molecule is O=C(O)c1ccc2nc(Nc3ccc(Br)cc3)oc2c1. The van der Waals surface area contributed by atoms with Gasteiger partial charge in [0, 0.05) is 10.2 Å². The highest BCUT2D eigenvalue weighted by Crippen LogP contribution is 2.24. The van der Waals surface area contributed by atoms with Crippen LogP contribution in [-0.4, -0.2) is 16.1 Å². The van der Waals surface area contributed by atoms with Gasteiger partial charge in [0.25, 0.3) is 6.01 Å². The molecule has 3 aromatic rings. The molecule has 0 aliphatic heterocycles. The molecule has 0 aliphatic carbocycles. The Kier molecular flexibility index (Phi) is 3.15. The average molecular weight is 333 g/mol. The maximum Gasteiger partial charge on any atom is 0.335 e. The molecule has 0 unspecified atom stereocenters. The van der Waals surface area contributed by atoms with Gasteiger partial charge < -0.3 is 14.8 Å². The Morgan fingerprint density at radius 3 is 2.65 bits per heavy atom. The second kappa shape index (κ2) is 4.97. The van der Waals surface area contributed by atoms with E-state index in [0.717, 1.165) is 10.2 Å². The molecular formula is C14H9BrN2O3. The highest BCUT2D eigenvalue weighted by Gasteiger charge is 2.09. The number of rotatable bonds is 3. The normalized spacial score (nSPS) is 10.7. The third-order valence-electron chi connectivity index (χ3n) is 2.73. The summed E-state index contributed by atoms with van der Waals surface area (Å²) in [5.74, 6) is -0.995. The zero-order valence-corrected chi connectivity index (χ0v) is 11.7. The van der Waals surface area contributed by atoms with Crippen LogP contribution in [0.25, 0.3) is 11.1 Å². The molecule has 1 heterocycles. The van der Waals surface area contributed by atoms with Crippen LogP contribution in [0.3, 0.4) is 0 Å². The first kappa shape index (κ1) is 12.7. The van der Waals surface area contributed by atoms with Gasteiger partial charge in [0.2, 0.25) is 0 Å². The summed E-state index contributed by atoms with van der Waals surface area (Å²) in [5, 5.41) is 12.0. The number of oxazole rings is 1. The summed E-state index contributed by atoms with van der Waals surface area (Å²) in [4.78, 5) is 15.1. The number of carboxylic acid groups (broad SMARTS) is 1. The van der Waals surface area contributed by atoms with Gasteiger partial charge in [0.15, 0.2) is 5.58 Å². The number of nitrogens with one attached hydrogen (secondary N) is 1. The van der Waals surface area contributed by atoms with Crippen molar-refractivity contribution >= 4 is 44.7 Å². The molecule has 0 saturated heterocycles. The molecule has 20 heavy (non-hydrogen) atoms. The van der Waals surface area contributed by atoms with Crippen molar-refractivity contribution in [2.45, 2.75) is 0 Å². The standard InChI is InChI=1S/C14H9BrN2O3/c15-9-2-4-10(5-3-9)16-14-17-11-6-1-8(13(18)19)7-12(11)20-14/h1-7H,(H,16,17)(H,18,19). The van der Waals surface area contributed by atoms with Crippen molar-refractivity contribution in [1.82, 2.24) is 4.98 Å². The Labute approximate surface area is 122 Å². The number of benzene rings is 2. The summed E-state index contributed by atoms with van der Waals surface area (Å²) >= 11 is 3.36. The number of aromatic carboxylic acids is 1. The number of aromatic nitrogens is 1. The Morgan fingerprint density at radius 2 is 1.95 bits per heavy atom. The van der Waals surface area contributed by atoms with E-state index in [-0.39, 0.29) is 5.56 Å². The molecule has 0 aliphatic rings. The third kappa shape index (κ3) is 2.50. The average Bonchev–Trinajstić information content (AvgIpc) is 2.82. The van der Waals surface area contributed by atoms with Crippen molar-refractivity contribution < 1.29 is 14.3 Å². The molecule has 0 atom stereocenters. The fourth-order valence-electron chi connectivity index (χ4n) is 1.77. The van der Waals surface area contributed by atoms with Gasteiger partial charge in [-0.25, -0.2) is 4.79 Å². The number of anilines is 2.